The van der Waals surface area contributed by atoms with Crippen molar-refractivity contribution >= 4 is 18.2 Å². The Morgan fingerprint density at radius 1 is 1.02 bits per heavy atom. The van der Waals surface area contributed by atoms with Crippen molar-refractivity contribution in [2.45, 2.75) is 64.1 Å². The van der Waals surface area contributed by atoms with Gasteiger partial charge in [0.2, 0.25) is 0 Å². The van der Waals surface area contributed by atoms with Crippen molar-refractivity contribution in [3.05, 3.63) is 59.2 Å². The Morgan fingerprint density at radius 2 is 1.70 bits per heavy atom. The number of nitrogens with one attached hydrogen (secondary N) is 1. The minimum absolute atomic E-state index is 0.109. The number of aliphatic imine (C=N–C) groups is 1. The highest BCUT2D eigenvalue weighted by Crippen LogP contribution is 2.30. The highest BCUT2D eigenvalue weighted by molar-refractivity contribution is 5.92. The van der Waals surface area contributed by atoms with Gasteiger partial charge in [-0.05, 0) is 48.7 Å². The lowest BCUT2D eigenvalue weighted by atomic mass is 9.86. The third kappa shape index (κ3) is 14.0. The van der Waals surface area contributed by atoms with Crippen LogP contribution in [0.25, 0.3) is 0 Å². The zero-order valence-corrected chi connectivity index (χ0v) is 23.4. The first-order valence-corrected chi connectivity index (χ1v) is 13.1. The molecule has 2 aromatic rings. The molecule has 1 saturated carbocycles. The summed E-state index contributed by atoms with van der Waals surface area (Å²) in [5, 5.41) is 2.80. The van der Waals surface area contributed by atoms with E-state index < -0.39 is 17.6 Å². The van der Waals surface area contributed by atoms with Crippen molar-refractivity contribution in [2.24, 2.45) is 22.4 Å². The molecule has 1 amide bonds. The summed E-state index contributed by atoms with van der Waals surface area (Å²) in [6, 6.07) is 10.5. The average Bonchev–Trinajstić information content (AvgIpc) is 2.92. The molecule has 40 heavy (non-hydrogen) atoms. The van der Waals surface area contributed by atoms with E-state index in [0.717, 1.165) is 42.7 Å². The van der Waals surface area contributed by atoms with Gasteiger partial charge in [-0.1, -0.05) is 56.4 Å². The van der Waals surface area contributed by atoms with Crippen molar-refractivity contribution in [1.82, 2.24) is 5.32 Å². The van der Waals surface area contributed by atoms with Gasteiger partial charge in [-0.2, -0.15) is 18.2 Å². The number of alkyl halides is 3. The standard InChI is InChI=1S/C11H15N3O3.C9H10F3N.C9H16O/c1-16-8-4-3-7(5-9(8)17-2)6-10(15)14-11(12)13;1-13-6-7-3-2-4-8(5-7)9(10,11)12;10-8-4-7-9-5-2-1-3-6-9/h3-5H,6H2,1-2H3,(H4,12,13,14,15);2-5,13H,6H2,1H3;8-9H,1-7H2. The second kappa shape index (κ2) is 18.6. The van der Waals surface area contributed by atoms with Gasteiger partial charge in [0.25, 0.3) is 5.91 Å². The van der Waals surface area contributed by atoms with Gasteiger partial charge in [0, 0.05) is 13.0 Å². The number of carbonyl (C=O) groups is 2. The fourth-order valence-corrected chi connectivity index (χ4v) is 4.19. The number of hydrogen-bond donors (Lipinski definition) is 3. The summed E-state index contributed by atoms with van der Waals surface area (Å²) >= 11 is 0. The maximum atomic E-state index is 12.2. The van der Waals surface area contributed by atoms with E-state index in [1.165, 1.54) is 45.3 Å². The van der Waals surface area contributed by atoms with E-state index >= 15 is 0 Å². The molecule has 0 radical (unpaired) electrons. The Hall–Kier alpha value is -3.60. The van der Waals surface area contributed by atoms with Crippen molar-refractivity contribution in [2.75, 3.05) is 21.3 Å². The fourth-order valence-electron chi connectivity index (χ4n) is 4.19. The van der Waals surface area contributed by atoms with Crippen LogP contribution in [0.5, 0.6) is 11.5 Å². The van der Waals surface area contributed by atoms with Crippen LogP contribution in [0.2, 0.25) is 0 Å². The SMILES string of the molecule is CNCc1cccc(C(F)(F)F)c1.COc1ccc(CC(=O)N=C(N)N)cc1OC.O=CCCC1CCCCC1. The largest absolute Gasteiger partial charge is 0.493 e. The minimum Gasteiger partial charge on any atom is -0.493 e. The second-order valence-corrected chi connectivity index (χ2v) is 9.27. The van der Waals surface area contributed by atoms with Crippen LogP contribution < -0.4 is 26.3 Å². The van der Waals surface area contributed by atoms with Gasteiger partial charge in [-0.15, -0.1) is 0 Å². The number of benzene rings is 2. The minimum atomic E-state index is -4.25. The van der Waals surface area contributed by atoms with Gasteiger partial charge in [0.1, 0.15) is 6.29 Å². The summed E-state index contributed by atoms with van der Waals surface area (Å²) in [5.41, 5.74) is 11.0. The third-order valence-electron chi connectivity index (χ3n) is 6.11. The molecule has 11 heteroatoms. The molecule has 0 unspecified atom stereocenters. The van der Waals surface area contributed by atoms with Crippen LogP contribution in [0.3, 0.4) is 0 Å². The summed E-state index contributed by atoms with van der Waals surface area (Å²) in [6.07, 6.45) is 5.77. The second-order valence-electron chi connectivity index (χ2n) is 9.27. The first-order valence-electron chi connectivity index (χ1n) is 13.1. The van der Waals surface area contributed by atoms with E-state index in [1.54, 1.807) is 38.4 Å². The van der Waals surface area contributed by atoms with Crippen LogP contribution >= 0.6 is 0 Å². The number of nitrogens with zero attached hydrogens (tertiary/aromatic N) is 1. The van der Waals surface area contributed by atoms with E-state index in [2.05, 4.69) is 10.3 Å². The Labute approximate surface area is 234 Å². The van der Waals surface area contributed by atoms with E-state index in [0.29, 0.717) is 23.6 Å². The molecule has 0 aliphatic heterocycles. The number of methoxy groups -OCH3 is 2. The molecular formula is C29H41F3N4O4. The van der Waals surface area contributed by atoms with Gasteiger partial charge in [-0.3, -0.25) is 4.79 Å². The highest BCUT2D eigenvalue weighted by atomic mass is 19.4. The first-order chi connectivity index (χ1) is 19.0. The first kappa shape index (κ1) is 34.4. The summed E-state index contributed by atoms with van der Waals surface area (Å²) in [5.74, 6) is 1.39. The number of carbonyl (C=O) groups excluding carboxylic acids is 2. The Balaban J connectivity index is 0.000000311. The van der Waals surface area contributed by atoms with Crippen LogP contribution in [0.1, 0.15) is 61.6 Å². The molecule has 0 atom stereocenters. The number of amides is 1. The molecule has 1 aliphatic carbocycles. The summed E-state index contributed by atoms with van der Waals surface area (Å²) < 4.78 is 46.8. The Kier molecular flexibility index (Phi) is 16.0. The van der Waals surface area contributed by atoms with Crippen LogP contribution in [0.4, 0.5) is 13.2 Å². The van der Waals surface area contributed by atoms with Crippen molar-refractivity contribution < 1.29 is 32.2 Å². The smallest absolute Gasteiger partial charge is 0.416 e. The van der Waals surface area contributed by atoms with Crippen molar-refractivity contribution in [1.29, 1.82) is 0 Å². The summed E-state index contributed by atoms with van der Waals surface area (Å²) in [7, 11) is 4.77. The molecule has 0 bridgehead atoms. The van der Waals surface area contributed by atoms with Gasteiger partial charge < -0.3 is 31.1 Å². The molecule has 0 heterocycles. The monoisotopic (exact) mass is 566 g/mol. The molecule has 8 nitrogen and oxygen atoms in total. The van der Waals surface area contributed by atoms with Crippen LogP contribution in [0.15, 0.2) is 47.5 Å². The maximum Gasteiger partial charge on any atom is 0.416 e. The molecule has 1 aliphatic rings. The van der Waals surface area contributed by atoms with Crippen molar-refractivity contribution in [3.8, 4) is 11.5 Å². The van der Waals surface area contributed by atoms with E-state index in [4.69, 9.17) is 20.9 Å². The molecule has 2 aromatic carbocycles. The molecule has 0 spiro atoms. The Bertz CT molecular complexity index is 1070. The molecule has 5 N–H and O–H groups in total. The molecule has 1 fully saturated rings. The van der Waals surface area contributed by atoms with Gasteiger partial charge >= 0.3 is 6.18 Å². The zero-order chi connectivity index (χ0) is 30.0. The molecular weight excluding hydrogens is 525 g/mol. The quantitative estimate of drug-likeness (QED) is 0.221. The predicted octanol–water partition coefficient (Wildman–Crippen LogP) is 5.02. The number of aldehydes is 1. The normalized spacial score (nSPS) is 13.1. The lowest BCUT2D eigenvalue weighted by Gasteiger charge is -2.19. The van der Waals surface area contributed by atoms with Gasteiger partial charge in [-0.25, -0.2) is 0 Å². The number of guanidine groups is 1. The predicted molar refractivity (Wildman–Crippen MR) is 150 cm³/mol. The lowest BCUT2D eigenvalue weighted by Crippen LogP contribution is -2.24. The average molecular weight is 567 g/mol. The van der Waals surface area contributed by atoms with Crippen molar-refractivity contribution in [3.63, 3.8) is 0 Å². The van der Waals surface area contributed by atoms with Gasteiger partial charge in [0.15, 0.2) is 17.5 Å². The number of hydrogen-bond acceptors (Lipinski definition) is 5. The summed E-state index contributed by atoms with van der Waals surface area (Å²) in [4.78, 5) is 24.8. The van der Waals surface area contributed by atoms with E-state index in [-0.39, 0.29) is 12.4 Å². The number of nitrogens with two attached hydrogens (primary N) is 2. The van der Waals surface area contributed by atoms with Crippen LogP contribution in [0, 0.1) is 5.92 Å². The third-order valence-corrected chi connectivity index (χ3v) is 6.11. The molecule has 3 rings (SSSR count). The lowest BCUT2D eigenvalue weighted by molar-refractivity contribution is -0.137. The highest BCUT2D eigenvalue weighted by Gasteiger charge is 2.30. The number of rotatable bonds is 9. The number of halogens is 3. The molecule has 0 aromatic heterocycles. The van der Waals surface area contributed by atoms with Crippen LogP contribution in [-0.2, 0) is 28.7 Å². The molecule has 0 saturated heterocycles. The zero-order valence-electron chi connectivity index (χ0n) is 23.4. The van der Waals surface area contributed by atoms with Crippen LogP contribution in [-0.4, -0.2) is 39.4 Å². The fraction of sp³-hybridized carbons (Fsp3) is 0.483. The van der Waals surface area contributed by atoms with E-state index in [1.807, 2.05) is 0 Å². The topological polar surface area (TPSA) is 129 Å². The van der Waals surface area contributed by atoms with E-state index in [9.17, 15) is 22.8 Å². The Morgan fingerprint density at radius 3 is 2.25 bits per heavy atom. The molecule has 222 valence electrons. The number of ether oxygens (including phenoxy) is 2. The maximum absolute atomic E-state index is 12.2. The summed E-state index contributed by atoms with van der Waals surface area (Å²) in [6.45, 7) is 0.448. The van der Waals surface area contributed by atoms with Gasteiger partial charge in [0.05, 0.1) is 26.2 Å².